The first-order chi connectivity index (χ1) is 12.4. The van der Waals surface area contributed by atoms with Gasteiger partial charge in [0.15, 0.2) is 0 Å². The molecule has 1 aliphatic rings. The summed E-state index contributed by atoms with van der Waals surface area (Å²) in [5.74, 6) is 0.0163. The van der Waals surface area contributed by atoms with E-state index in [4.69, 9.17) is 21.4 Å². The van der Waals surface area contributed by atoms with Gasteiger partial charge in [-0.15, -0.1) is 0 Å². The van der Waals surface area contributed by atoms with Gasteiger partial charge in [-0.3, -0.25) is 9.69 Å². The molecular formula is C18H14NO5S2-. The summed E-state index contributed by atoms with van der Waals surface area (Å²) in [7, 11) is 1.59. The van der Waals surface area contributed by atoms with E-state index in [1.807, 2.05) is 24.3 Å². The Bertz CT molecular complexity index is 901. The first-order valence-electron chi connectivity index (χ1n) is 7.63. The number of hydrogen-bond donors (Lipinski definition) is 0. The number of hydrogen-bond acceptors (Lipinski definition) is 7. The molecule has 1 aromatic carbocycles. The topological polar surface area (TPSA) is 82.8 Å². The lowest BCUT2D eigenvalue weighted by atomic mass is 10.2. The summed E-state index contributed by atoms with van der Waals surface area (Å²) in [6.07, 6.45) is 1.55. The molecule has 0 unspecified atom stereocenters. The molecule has 0 N–H and O–H groups in total. The Morgan fingerprint density at radius 2 is 2.00 bits per heavy atom. The third-order valence-corrected chi connectivity index (χ3v) is 5.16. The van der Waals surface area contributed by atoms with Gasteiger partial charge in [-0.1, -0.05) is 24.0 Å². The predicted molar refractivity (Wildman–Crippen MR) is 100 cm³/mol. The van der Waals surface area contributed by atoms with E-state index >= 15 is 0 Å². The number of carbonyl (C=O) groups excluding carboxylic acids is 2. The van der Waals surface area contributed by atoms with Gasteiger partial charge in [0, 0.05) is 11.6 Å². The fourth-order valence-electron chi connectivity index (χ4n) is 2.39. The smallest absolute Gasteiger partial charge is 0.266 e. The fraction of sp³-hybridized carbons (Fsp3) is 0.167. The van der Waals surface area contributed by atoms with Gasteiger partial charge in [0.05, 0.1) is 24.0 Å². The summed E-state index contributed by atoms with van der Waals surface area (Å²) in [6, 6.07) is 9.77. The highest BCUT2D eigenvalue weighted by Crippen LogP contribution is 2.34. The molecule has 2 aromatic rings. The average molecular weight is 388 g/mol. The van der Waals surface area contributed by atoms with Crippen molar-refractivity contribution in [3.05, 3.63) is 47.1 Å². The van der Waals surface area contributed by atoms with Crippen LogP contribution in [0.3, 0.4) is 0 Å². The quantitative estimate of drug-likeness (QED) is 0.574. The normalized spacial score (nSPS) is 17.0. The predicted octanol–water partition coefficient (Wildman–Crippen LogP) is 2.29. The van der Waals surface area contributed by atoms with Crippen LogP contribution >= 0.6 is 24.0 Å². The molecule has 26 heavy (non-hydrogen) atoms. The van der Waals surface area contributed by atoms with Gasteiger partial charge in [-0.25, -0.2) is 0 Å². The number of aliphatic carboxylic acids is 1. The Labute approximate surface area is 159 Å². The molecule has 1 fully saturated rings. The van der Waals surface area contributed by atoms with Crippen LogP contribution in [0, 0.1) is 0 Å². The Kier molecular flexibility index (Phi) is 5.15. The highest BCUT2D eigenvalue weighted by atomic mass is 32.2. The zero-order chi connectivity index (χ0) is 18.8. The van der Waals surface area contributed by atoms with Crippen molar-refractivity contribution in [2.75, 3.05) is 7.11 Å². The number of nitrogens with zero attached hydrogens (tertiary/aromatic N) is 1. The number of carboxylic acids is 1. The maximum atomic E-state index is 12.4. The number of amides is 1. The second kappa shape index (κ2) is 7.35. The molecule has 1 atom stereocenters. The summed E-state index contributed by atoms with van der Waals surface area (Å²) in [6.45, 7) is 1.36. The summed E-state index contributed by atoms with van der Waals surface area (Å²) < 4.78 is 11.1. The van der Waals surface area contributed by atoms with Crippen molar-refractivity contribution in [2.45, 2.75) is 13.0 Å². The van der Waals surface area contributed by atoms with Crippen molar-refractivity contribution in [1.82, 2.24) is 4.90 Å². The lowest BCUT2D eigenvalue weighted by molar-refractivity contribution is -0.309. The third-order valence-electron chi connectivity index (χ3n) is 3.83. The Balaban J connectivity index is 1.82. The number of carbonyl (C=O) groups is 2. The number of rotatable bonds is 5. The van der Waals surface area contributed by atoms with Gasteiger partial charge in [-0.05, 0) is 43.3 Å². The van der Waals surface area contributed by atoms with Gasteiger partial charge in [0.1, 0.15) is 21.6 Å². The van der Waals surface area contributed by atoms with Crippen LogP contribution in [-0.2, 0) is 9.59 Å². The van der Waals surface area contributed by atoms with E-state index in [0.717, 1.165) is 28.0 Å². The number of furan rings is 1. The van der Waals surface area contributed by atoms with Crippen LogP contribution in [0.2, 0.25) is 0 Å². The van der Waals surface area contributed by atoms with Crippen LogP contribution in [0.4, 0.5) is 0 Å². The molecule has 6 nitrogen and oxygen atoms in total. The highest BCUT2D eigenvalue weighted by Gasteiger charge is 2.36. The molecule has 0 radical (unpaired) electrons. The van der Waals surface area contributed by atoms with Crippen LogP contribution in [-0.4, -0.2) is 34.2 Å². The van der Waals surface area contributed by atoms with Crippen LogP contribution < -0.4 is 9.84 Å². The van der Waals surface area contributed by atoms with Crippen molar-refractivity contribution in [3.63, 3.8) is 0 Å². The summed E-state index contributed by atoms with van der Waals surface area (Å²) >= 11 is 6.14. The number of thiocarbonyl (C=S) groups is 1. The SMILES string of the molecule is COc1ccc(-c2ccc(/C=C3/SC(=S)N([C@@H](C)C(=O)[O-])C3=O)o2)cc1. The molecule has 8 heteroatoms. The van der Waals surface area contributed by atoms with Crippen LogP contribution in [0.25, 0.3) is 17.4 Å². The Hall–Kier alpha value is -2.58. The average Bonchev–Trinajstić information content (AvgIpc) is 3.19. The maximum absolute atomic E-state index is 12.4. The molecule has 0 spiro atoms. The summed E-state index contributed by atoms with van der Waals surface area (Å²) in [4.78, 5) is 24.8. The Morgan fingerprint density at radius 1 is 1.31 bits per heavy atom. The molecule has 0 aliphatic carbocycles. The van der Waals surface area contributed by atoms with E-state index in [2.05, 4.69) is 0 Å². The van der Waals surface area contributed by atoms with E-state index in [1.54, 1.807) is 25.3 Å². The zero-order valence-corrected chi connectivity index (χ0v) is 15.6. The van der Waals surface area contributed by atoms with Crippen molar-refractivity contribution < 1.29 is 23.8 Å². The molecule has 2 heterocycles. The van der Waals surface area contributed by atoms with Gasteiger partial charge >= 0.3 is 0 Å². The molecule has 3 rings (SSSR count). The van der Waals surface area contributed by atoms with Gasteiger partial charge in [0.2, 0.25) is 0 Å². The third kappa shape index (κ3) is 3.51. The van der Waals surface area contributed by atoms with Gasteiger partial charge in [0.25, 0.3) is 5.91 Å². The van der Waals surface area contributed by atoms with Crippen molar-refractivity contribution >= 4 is 46.3 Å². The maximum Gasteiger partial charge on any atom is 0.266 e. The Morgan fingerprint density at radius 3 is 2.62 bits per heavy atom. The van der Waals surface area contributed by atoms with Crippen LogP contribution in [0.5, 0.6) is 5.75 Å². The number of carboxylic acid groups (broad SMARTS) is 1. The van der Waals surface area contributed by atoms with Crippen molar-refractivity contribution in [2.24, 2.45) is 0 Å². The molecule has 1 saturated heterocycles. The lowest BCUT2D eigenvalue weighted by Crippen LogP contribution is -2.48. The lowest BCUT2D eigenvalue weighted by Gasteiger charge is -2.23. The monoisotopic (exact) mass is 388 g/mol. The summed E-state index contributed by atoms with van der Waals surface area (Å²) in [5.41, 5.74) is 0.864. The van der Waals surface area contributed by atoms with E-state index in [-0.39, 0.29) is 4.32 Å². The van der Waals surface area contributed by atoms with E-state index in [1.165, 1.54) is 6.92 Å². The second-order valence-electron chi connectivity index (χ2n) is 5.48. The number of benzene rings is 1. The zero-order valence-electron chi connectivity index (χ0n) is 13.9. The van der Waals surface area contributed by atoms with Crippen molar-refractivity contribution in [3.8, 4) is 17.1 Å². The fourth-order valence-corrected chi connectivity index (χ4v) is 3.79. The first kappa shape index (κ1) is 18.2. The minimum Gasteiger partial charge on any atom is -0.548 e. The van der Waals surface area contributed by atoms with Crippen LogP contribution in [0.1, 0.15) is 12.7 Å². The van der Waals surface area contributed by atoms with Gasteiger partial charge in [-0.2, -0.15) is 0 Å². The molecule has 1 aliphatic heterocycles. The molecule has 0 saturated carbocycles. The molecule has 134 valence electrons. The number of methoxy groups -OCH3 is 1. The van der Waals surface area contributed by atoms with E-state index in [9.17, 15) is 14.7 Å². The largest absolute Gasteiger partial charge is 0.548 e. The second-order valence-corrected chi connectivity index (χ2v) is 7.15. The molecule has 1 amide bonds. The molecule has 1 aromatic heterocycles. The number of ether oxygens (including phenoxy) is 1. The summed E-state index contributed by atoms with van der Waals surface area (Å²) in [5, 5.41) is 11.0. The van der Waals surface area contributed by atoms with Gasteiger partial charge < -0.3 is 19.1 Å². The highest BCUT2D eigenvalue weighted by molar-refractivity contribution is 8.26. The molecule has 0 bridgehead atoms. The standard InChI is InChI=1S/C18H15NO5S2/c1-10(17(21)22)19-16(20)15(26-18(19)25)9-13-7-8-14(24-13)11-3-5-12(23-2)6-4-11/h3-10H,1-2H3,(H,21,22)/p-1/b15-9+/t10-/m0/s1. The van der Waals surface area contributed by atoms with E-state index in [0.29, 0.717) is 16.4 Å². The minimum absolute atomic E-state index is 0.180. The minimum atomic E-state index is -1.36. The molecular weight excluding hydrogens is 374 g/mol. The van der Waals surface area contributed by atoms with Crippen LogP contribution in [0.15, 0.2) is 45.7 Å². The first-order valence-corrected chi connectivity index (χ1v) is 8.85. The van der Waals surface area contributed by atoms with Crippen molar-refractivity contribution in [1.29, 1.82) is 0 Å². The number of thioether (sulfide) groups is 1. The van der Waals surface area contributed by atoms with E-state index < -0.39 is 17.9 Å².